The van der Waals surface area contributed by atoms with E-state index in [2.05, 4.69) is 44.3 Å². The maximum Gasteiger partial charge on any atom is 0.239 e. The molecule has 1 amide bonds. The van der Waals surface area contributed by atoms with Crippen molar-refractivity contribution in [1.29, 1.82) is 0 Å². The first kappa shape index (κ1) is 25.9. The lowest BCUT2D eigenvalue weighted by atomic mass is 9.96. The number of carbonyl (C=O) groups excluding carboxylic acids is 1. The van der Waals surface area contributed by atoms with Crippen LogP contribution >= 0.6 is 12.4 Å². The first-order valence-electron chi connectivity index (χ1n) is 11.4. The van der Waals surface area contributed by atoms with Gasteiger partial charge in [-0.3, -0.25) is 9.69 Å². The fourth-order valence-corrected chi connectivity index (χ4v) is 4.36. The predicted octanol–water partition coefficient (Wildman–Crippen LogP) is 3.48. The van der Waals surface area contributed by atoms with Crippen LogP contribution in [0.3, 0.4) is 0 Å². The summed E-state index contributed by atoms with van der Waals surface area (Å²) in [7, 11) is 4.22. The molecule has 1 N–H and O–H groups in total. The number of aromatic nitrogens is 4. The van der Waals surface area contributed by atoms with Gasteiger partial charge < -0.3 is 14.6 Å². The van der Waals surface area contributed by atoms with Gasteiger partial charge in [0, 0.05) is 18.3 Å². The van der Waals surface area contributed by atoms with Gasteiger partial charge in [0.05, 0.1) is 12.2 Å². The number of carbonyl (C=O) groups is 1. The molecule has 0 bridgehead atoms. The van der Waals surface area contributed by atoms with Gasteiger partial charge in [0.25, 0.3) is 0 Å². The lowest BCUT2D eigenvalue weighted by Crippen LogP contribution is -2.41. The maximum atomic E-state index is 12.8. The molecule has 184 valence electrons. The summed E-state index contributed by atoms with van der Waals surface area (Å²) in [5.74, 6) is 3.36. The van der Waals surface area contributed by atoms with Gasteiger partial charge >= 0.3 is 0 Å². The number of furan rings is 1. The molecule has 4 rings (SSSR count). The number of rotatable bonds is 7. The molecule has 3 aromatic rings. The summed E-state index contributed by atoms with van der Waals surface area (Å²) < 4.78 is 7.49. The second kappa shape index (κ2) is 11.1. The summed E-state index contributed by atoms with van der Waals surface area (Å²) in [4.78, 5) is 26.5. The second-order valence-electron chi connectivity index (χ2n) is 9.21. The molecule has 9 nitrogen and oxygen atoms in total. The number of hydrogen-bond acceptors (Lipinski definition) is 7. The van der Waals surface area contributed by atoms with Gasteiger partial charge in [-0.15, -0.1) is 12.4 Å². The number of piperidine rings is 1. The van der Waals surface area contributed by atoms with Crippen LogP contribution in [0.4, 0.5) is 5.82 Å². The Morgan fingerprint density at radius 1 is 1.15 bits per heavy atom. The lowest BCUT2D eigenvalue weighted by molar-refractivity contribution is -0.117. The van der Waals surface area contributed by atoms with Crippen LogP contribution in [0.25, 0.3) is 17.4 Å². The molecular weight excluding hydrogens is 454 g/mol. The molecule has 10 heteroatoms. The van der Waals surface area contributed by atoms with E-state index in [1.807, 2.05) is 39.0 Å². The van der Waals surface area contributed by atoms with Crippen molar-refractivity contribution < 1.29 is 9.21 Å². The first-order chi connectivity index (χ1) is 15.8. The Bertz CT molecular complexity index is 1120. The Balaban J connectivity index is 0.00000324. The van der Waals surface area contributed by atoms with Gasteiger partial charge in [-0.2, -0.15) is 5.10 Å². The van der Waals surface area contributed by atoms with Crippen LogP contribution in [0.5, 0.6) is 0 Å². The van der Waals surface area contributed by atoms with Crippen molar-refractivity contribution in [3.8, 4) is 17.4 Å². The lowest BCUT2D eigenvalue weighted by Gasteiger charge is -2.32. The van der Waals surface area contributed by atoms with Crippen LogP contribution in [0.1, 0.15) is 30.0 Å². The molecule has 0 unspecified atom stereocenters. The van der Waals surface area contributed by atoms with E-state index >= 15 is 0 Å². The van der Waals surface area contributed by atoms with Gasteiger partial charge in [0.2, 0.25) is 5.91 Å². The van der Waals surface area contributed by atoms with Crippen molar-refractivity contribution in [3.05, 3.63) is 41.4 Å². The molecule has 0 radical (unpaired) electrons. The van der Waals surface area contributed by atoms with Crippen molar-refractivity contribution in [2.45, 2.75) is 33.6 Å². The van der Waals surface area contributed by atoms with E-state index < -0.39 is 0 Å². The SMILES string of the molecule is Cc1cc(C)n(-c2cc(NC(=O)CN3CCC(CN(C)C)CC3)nc(-c3ccc(C)o3)n2)n1.Cl. The topological polar surface area (TPSA) is 92.3 Å². The van der Waals surface area contributed by atoms with Crippen LogP contribution in [0, 0.1) is 26.7 Å². The third-order valence-electron chi connectivity index (χ3n) is 5.87. The molecule has 1 aliphatic rings. The zero-order chi connectivity index (χ0) is 23.5. The number of nitrogens with one attached hydrogen (secondary N) is 1. The van der Waals surface area contributed by atoms with Crippen LogP contribution in [0.15, 0.2) is 28.7 Å². The van der Waals surface area contributed by atoms with Gasteiger partial charge in [0.1, 0.15) is 11.6 Å². The molecule has 4 heterocycles. The van der Waals surface area contributed by atoms with Gasteiger partial charge in [-0.25, -0.2) is 14.6 Å². The standard InChI is InChI=1S/C24H33N7O2.ClH/c1-16-12-17(2)31(28-16)22-13-21(26-24(27-22)20-7-6-18(3)33-20)25-23(32)15-30-10-8-19(9-11-30)14-29(4)5;/h6-7,12-13,19H,8-11,14-15H2,1-5H3,(H,25,26,27,32);1H. The quantitative estimate of drug-likeness (QED) is 0.545. The van der Waals surface area contributed by atoms with E-state index in [-0.39, 0.29) is 18.3 Å². The summed E-state index contributed by atoms with van der Waals surface area (Å²) in [5.41, 5.74) is 1.84. The average molecular weight is 488 g/mol. The van der Waals surface area contributed by atoms with Gasteiger partial charge in [-0.05, 0) is 84.9 Å². The Hall–Kier alpha value is -2.75. The number of aryl methyl sites for hydroxylation is 3. The number of halogens is 1. The molecule has 0 atom stereocenters. The number of nitrogens with zero attached hydrogens (tertiary/aromatic N) is 6. The molecule has 1 aliphatic heterocycles. The molecule has 34 heavy (non-hydrogen) atoms. The van der Waals surface area contributed by atoms with Crippen LogP contribution in [-0.4, -0.2) is 75.7 Å². The molecule has 0 aliphatic carbocycles. The summed E-state index contributed by atoms with van der Waals surface area (Å²) in [6.07, 6.45) is 2.23. The highest BCUT2D eigenvalue weighted by Crippen LogP contribution is 2.23. The monoisotopic (exact) mass is 487 g/mol. The summed E-state index contributed by atoms with van der Waals surface area (Å²) in [6, 6.07) is 7.43. The van der Waals surface area contributed by atoms with Crippen molar-refractivity contribution >= 4 is 24.1 Å². The maximum absolute atomic E-state index is 12.8. The molecule has 1 fully saturated rings. The van der Waals surface area contributed by atoms with E-state index in [1.165, 1.54) is 0 Å². The number of amides is 1. The largest absolute Gasteiger partial charge is 0.458 e. The first-order valence-corrected chi connectivity index (χ1v) is 11.4. The molecular formula is C24H34ClN7O2. The van der Waals surface area contributed by atoms with Crippen LogP contribution < -0.4 is 5.32 Å². The Morgan fingerprint density at radius 3 is 2.47 bits per heavy atom. The minimum atomic E-state index is -0.0827. The van der Waals surface area contributed by atoms with Crippen molar-refractivity contribution in [3.63, 3.8) is 0 Å². The zero-order valence-corrected chi connectivity index (χ0v) is 21.4. The van der Waals surface area contributed by atoms with E-state index in [9.17, 15) is 4.79 Å². The smallest absolute Gasteiger partial charge is 0.239 e. The minimum Gasteiger partial charge on any atom is -0.458 e. The van der Waals surface area contributed by atoms with E-state index in [1.54, 1.807) is 10.7 Å². The van der Waals surface area contributed by atoms with Crippen molar-refractivity contribution in [2.24, 2.45) is 5.92 Å². The number of likely N-dealkylation sites (tertiary alicyclic amines) is 1. The highest BCUT2D eigenvalue weighted by molar-refractivity contribution is 5.91. The second-order valence-corrected chi connectivity index (χ2v) is 9.21. The number of hydrogen-bond donors (Lipinski definition) is 1. The Labute approximate surface area is 207 Å². The minimum absolute atomic E-state index is 0. The van der Waals surface area contributed by atoms with Gasteiger partial charge in [-0.1, -0.05) is 0 Å². The van der Waals surface area contributed by atoms with Crippen molar-refractivity contribution in [1.82, 2.24) is 29.5 Å². The van der Waals surface area contributed by atoms with E-state index in [0.717, 1.165) is 49.6 Å². The van der Waals surface area contributed by atoms with E-state index in [4.69, 9.17) is 4.42 Å². The summed E-state index contributed by atoms with van der Waals surface area (Å²) >= 11 is 0. The zero-order valence-electron chi connectivity index (χ0n) is 20.5. The average Bonchev–Trinajstić information content (AvgIpc) is 3.33. The van der Waals surface area contributed by atoms with Gasteiger partial charge in [0.15, 0.2) is 17.4 Å². The number of anilines is 1. The van der Waals surface area contributed by atoms with Crippen molar-refractivity contribution in [2.75, 3.05) is 45.6 Å². The van der Waals surface area contributed by atoms with Crippen LogP contribution in [-0.2, 0) is 4.79 Å². The molecule has 0 spiro atoms. The normalized spacial score (nSPS) is 14.9. The molecule has 1 saturated heterocycles. The molecule has 0 aromatic carbocycles. The molecule has 3 aromatic heterocycles. The fourth-order valence-electron chi connectivity index (χ4n) is 4.36. The highest BCUT2D eigenvalue weighted by atomic mass is 35.5. The fraction of sp³-hybridized carbons (Fsp3) is 0.500. The highest BCUT2D eigenvalue weighted by Gasteiger charge is 2.22. The third-order valence-corrected chi connectivity index (χ3v) is 5.87. The predicted molar refractivity (Wildman–Crippen MR) is 135 cm³/mol. The Kier molecular flexibility index (Phi) is 8.46. The molecule has 0 saturated carbocycles. The summed E-state index contributed by atoms with van der Waals surface area (Å²) in [5, 5.41) is 7.50. The Morgan fingerprint density at radius 2 is 1.88 bits per heavy atom. The van der Waals surface area contributed by atoms with E-state index in [0.29, 0.717) is 35.7 Å². The summed E-state index contributed by atoms with van der Waals surface area (Å²) in [6.45, 7) is 9.10. The van der Waals surface area contributed by atoms with Crippen LogP contribution in [0.2, 0.25) is 0 Å². The third kappa shape index (κ3) is 6.43.